The highest BCUT2D eigenvalue weighted by molar-refractivity contribution is 7.17. The van der Waals surface area contributed by atoms with E-state index in [1.54, 1.807) is 6.07 Å². The summed E-state index contributed by atoms with van der Waals surface area (Å²) in [6.07, 6.45) is 0. The van der Waals surface area contributed by atoms with Crippen LogP contribution >= 0.6 is 11.3 Å². The average Bonchev–Trinajstić information content (AvgIpc) is 3.14. The second kappa shape index (κ2) is 9.29. The van der Waals surface area contributed by atoms with Crippen LogP contribution in [0.4, 0.5) is 14.5 Å². The van der Waals surface area contributed by atoms with Gasteiger partial charge in [-0.15, -0.1) is 11.3 Å². The van der Waals surface area contributed by atoms with E-state index in [-0.39, 0.29) is 12.2 Å². The Morgan fingerprint density at radius 2 is 1.79 bits per heavy atom. The van der Waals surface area contributed by atoms with E-state index in [2.05, 4.69) is 10.6 Å². The molecule has 0 saturated carbocycles. The number of carbonyl (C=O) groups excluding carboxylic acids is 2. The molecule has 8 heteroatoms. The number of benzene rings is 2. The zero-order chi connectivity index (χ0) is 20.8. The quantitative estimate of drug-likeness (QED) is 0.598. The van der Waals surface area contributed by atoms with Gasteiger partial charge in [-0.2, -0.15) is 0 Å². The minimum atomic E-state index is -1.07. The predicted molar refractivity (Wildman–Crippen MR) is 108 cm³/mol. The van der Waals surface area contributed by atoms with Crippen molar-refractivity contribution < 1.29 is 23.1 Å². The Hall–Kier alpha value is -3.26. The van der Waals surface area contributed by atoms with E-state index >= 15 is 0 Å². The number of nitrogens with one attached hydrogen (secondary N) is 2. The maximum Gasteiger partial charge on any atom is 0.265 e. The van der Waals surface area contributed by atoms with Crippen LogP contribution in [0.5, 0.6) is 5.75 Å². The Morgan fingerprint density at radius 3 is 2.48 bits per heavy atom. The first kappa shape index (κ1) is 20.5. The summed E-state index contributed by atoms with van der Waals surface area (Å²) in [5.74, 6) is -2.66. The van der Waals surface area contributed by atoms with Crippen molar-refractivity contribution in [2.24, 2.45) is 0 Å². The maximum atomic E-state index is 13.2. The van der Waals surface area contributed by atoms with E-state index < -0.39 is 23.4 Å². The van der Waals surface area contributed by atoms with Crippen LogP contribution in [0, 0.1) is 11.6 Å². The summed E-state index contributed by atoms with van der Waals surface area (Å²) in [7, 11) is 0. The van der Waals surface area contributed by atoms with Crippen molar-refractivity contribution in [1.29, 1.82) is 0 Å². The standard InChI is InChI=1S/C21H18F2N2O3S/c1-2-28-17-11-18(13-6-4-3-5-7-13)29-20(17)21(27)24-12-19(26)25-14-8-9-15(22)16(23)10-14/h3-11H,2,12H2,1H3,(H,24,27)(H,25,26). The Balaban J connectivity index is 1.67. The lowest BCUT2D eigenvalue weighted by Crippen LogP contribution is -2.32. The van der Waals surface area contributed by atoms with Gasteiger partial charge in [-0.05, 0) is 30.7 Å². The summed E-state index contributed by atoms with van der Waals surface area (Å²) in [5, 5.41) is 4.92. The second-order valence-electron chi connectivity index (χ2n) is 5.96. The molecule has 3 rings (SSSR count). The number of thiophene rings is 1. The van der Waals surface area contributed by atoms with Gasteiger partial charge in [0.25, 0.3) is 5.91 Å². The fraction of sp³-hybridized carbons (Fsp3) is 0.143. The summed E-state index contributed by atoms with van der Waals surface area (Å²) in [6, 6.07) is 14.4. The molecule has 0 aliphatic heterocycles. The van der Waals surface area contributed by atoms with E-state index in [9.17, 15) is 18.4 Å². The fourth-order valence-corrected chi connectivity index (χ4v) is 3.58. The van der Waals surface area contributed by atoms with Gasteiger partial charge in [0.2, 0.25) is 5.91 Å². The van der Waals surface area contributed by atoms with Gasteiger partial charge in [0, 0.05) is 16.6 Å². The van der Waals surface area contributed by atoms with Crippen LogP contribution in [0.15, 0.2) is 54.6 Å². The van der Waals surface area contributed by atoms with Gasteiger partial charge in [0.05, 0.1) is 13.2 Å². The molecule has 1 aromatic heterocycles. The lowest BCUT2D eigenvalue weighted by Gasteiger charge is -2.08. The molecule has 0 atom stereocenters. The van der Waals surface area contributed by atoms with Gasteiger partial charge in [0.15, 0.2) is 11.6 Å². The average molecular weight is 416 g/mol. The van der Waals surface area contributed by atoms with Crippen molar-refractivity contribution in [3.8, 4) is 16.2 Å². The SMILES string of the molecule is CCOc1cc(-c2ccccc2)sc1C(=O)NCC(=O)Nc1ccc(F)c(F)c1. The number of hydrogen-bond donors (Lipinski definition) is 2. The number of rotatable bonds is 7. The van der Waals surface area contributed by atoms with Gasteiger partial charge in [-0.3, -0.25) is 9.59 Å². The largest absolute Gasteiger partial charge is 0.492 e. The van der Waals surface area contributed by atoms with Crippen molar-refractivity contribution in [2.45, 2.75) is 6.92 Å². The van der Waals surface area contributed by atoms with E-state index in [4.69, 9.17) is 4.74 Å². The Labute approximate surface area is 170 Å². The molecule has 0 aliphatic rings. The Kier molecular flexibility index (Phi) is 6.56. The minimum absolute atomic E-state index is 0.0978. The lowest BCUT2D eigenvalue weighted by atomic mass is 10.2. The third kappa shape index (κ3) is 5.17. The molecule has 2 amide bonds. The molecule has 2 aromatic carbocycles. The summed E-state index contributed by atoms with van der Waals surface area (Å²) in [4.78, 5) is 25.8. The number of hydrogen-bond acceptors (Lipinski definition) is 4. The van der Waals surface area contributed by atoms with E-state index in [0.717, 1.165) is 22.6 Å². The lowest BCUT2D eigenvalue weighted by molar-refractivity contribution is -0.115. The molecular formula is C21H18F2N2O3S. The second-order valence-corrected chi connectivity index (χ2v) is 7.02. The molecule has 0 saturated heterocycles. The zero-order valence-corrected chi connectivity index (χ0v) is 16.3. The first-order valence-corrected chi connectivity index (χ1v) is 9.64. The molecule has 2 N–H and O–H groups in total. The summed E-state index contributed by atoms with van der Waals surface area (Å²) in [6.45, 7) is 1.88. The molecule has 5 nitrogen and oxygen atoms in total. The van der Waals surface area contributed by atoms with Crippen molar-refractivity contribution in [3.63, 3.8) is 0 Å². The first-order valence-electron chi connectivity index (χ1n) is 8.83. The smallest absolute Gasteiger partial charge is 0.265 e. The zero-order valence-electron chi connectivity index (χ0n) is 15.5. The van der Waals surface area contributed by atoms with Crippen molar-refractivity contribution in [3.05, 3.63) is 71.1 Å². The summed E-state index contributed by atoms with van der Waals surface area (Å²) in [5.41, 5.74) is 1.05. The number of amides is 2. The highest BCUT2D eigenvalue weighted by Gasteiger charge is 2.19. The van der Waals surface area contributed by atoms with Gasteiger partial charge in [-0.25, -0.2) is 8.78 Å². The molecule has 0 fully saturated rings. The van der Waals surface area contributed by atoms with Gasteiger partial charge in [0.1, 0.15) is 10.6 Å². The Morgan fingerprint density at radius 1 is 1.03 bits per heavy atom. The fourth-order valence-electron chi connectivity index (χ4n) is 2.56. The molecule has 150 valence electrons. The molecule has 0 radical (unpaired) electrons. The van der Waals surface area contributed by atoms with Crippen LogP contribution in [-0.2, 0) is 4.79 Å². The molecule has 29 heavy (non-hydrogen) atoms. The molecule has 0 unspecified atom stereocenters. The number of halogens is 2. The highest BCUT2D eigenvalue weighted by Crippen LogP contribution is 2.36. The molecule has 0 aliphatic carbocycles. The van der Waals surface area contributed by atoms with Crippen LogP contribution in [0.1, 0.15) is 16.6 Å². The molecule has 0 bridgehead atoms. The number of anilines is 1. The third-order valence-electron chi connectivity index (χ3n) is 3.88. The molecular weight excluding hydrogens is 398 g/mol. The predicted octanol–water partition coefficient (Wildman–Crippen LogP) is 4.46. The number of carbonyl (C=O) groups is 2. The summed E-state index contributed by atoms with van der Waals surface area (Å²) >= 11 is 1.26. The topological polar surface area (TPSA) is 67.4 Å². The Bertz CT molecular complexity index is 1020. The highest BCUT2D eigenvalue weighted by atomic mass is 32.1. The minimum Gasteiger partial charge on any atom is -0.492 e. The van der Waals surface area contributed by atoms with Gasteiger partial charge < -0.3 is 15.4 Å². The van der Waals surface area contributed by atoms with E-state index in [0.29, 0.717) is 17.2 Å². The van der Waals surface area contributed by atoms with Crippen molar-refractivity contribution in [1.82, 2.24) is 5.32 Å². The van der Waals surface area contributed by atoms with E-state index in [1.807, 2.05) is 37.3 Å². The van der Waals surface area contributed by atoms with Crippen LogP contribution in [0.25, 0.3) is 10.4 Å². The van der Waals surface area contributed by atoms with Crippen LogP contribution in [-0.4, -0.2) is 25.0 Å². The van der Waals surface area contributed by atoms with Crippen LogP contribution < -0.4 is 15.4 Å². The molecule has 1 heterocycles. The monoisotopic (exact) mass is 416 g/mol. The van der Waals surface area contributed by atoms with E-state index in [1.165, 1.54) is 17.4 Å². The van der Waals surface area contributed by atoms with Gasteiger partial charge in [-0.1, -0.05) is 30.3 Å². The molecule has 0 spiro atoms. The van der Waals surface area contributed by atoms with Crippen molar-refractivity contribution in [2.75, 3.05) is 18.5 Å². The van der Waals surface area contributed by atoms with Crippen molar-refractivity contribution >= 4 is 28.8 Å². The van der Waals surface area contributed by atoms with Crippen LogP contribution in [0.2, 0.25) is 0 Å². The summed E-state index contributed by atoms with van der Waals surface area (Å²) < 4.78 is 31.7. The first-order chi connectivity index (χ1) is 14.0. The normalized spacial score (nSPS) is 10.4. The molecule has 3 aromatic rings. The third-order valence-corrected chi connectivity index (χ3v) is 5.04. The van der Waals surface area contributed by atoms with Crippen LogP contribution in [0.3, 0.4) is 0 Å². The van der Waals surface area contributed by atoms with Gasteiger partial charge >= 0.3 is 0 Å². The number of ether oxygens (including phenoxy) is 1. The maximum absolute atomic E-state index is 13.2.